The Hall–Kier alpha value is -1.48. The number of methoxy groups -OCH3 is 1. The minimum absolute atomic E-state index is 0.104. The van der Waals surface area contributed by atoms with Crippen LogP contribution in [0, 0.1) is 0 Å². The lowest BCUT2D eigenvalue weighted by atomic mass is 10.3. The van der Waals surface area contributed by atoms with Crippen LogP contribution in [-0.2, 0) is 14.6 Å². The van der Waals surface area contributed by atoms with Gasteiger partial charge in [-0.1, -0.05) is 0 Å². The number of ether oxygens (including phenoxy) is 1. The largest absolute Gasteiger partial charge is 0.464 e. The summed E-state index contributed by atoms with van der Waals surface area (Å²) >= 11 is 1.57. The molecular weight excluding hydrogens is 314 g/mol. The molecular formula is C12H17N3O4S2. The van der Waals surface area contributed by atoms with Crippen LogP contribution >= 0.6 is 11.8 Å². The van der Waals surface area contributed by atoms with E-state index in [4.69, 9.17) is 5.73 Å². The first kappa shape index (κ1) is 15.9. The summed E-state index contributed by atoms with van der Waals surface area (Å²) in [6.07, 6.45) is 1.19. The summed E-state index contributed by atoms with van der Waals surface area (Å²) in [4.78, 5) is 17.4. The maximum absolute atomic E-state index is 11.9. The normalized spacial score (nSPS) is 19.3. The molecule has 2 N–H and O–H groups in total. The smallest absolute Gasteiger partial charge is 0.356 e. The molecule has 116 valence electrons. The van der Waals surface area contributed by atoms with Crippen LogP contribution in [0.2, 0.25) is 0 Å². The monoisotopic (exact) mass is 331 g/mol. The second-order valence-electron chi connectivity index (χ2n) is 4.65. The zero-order chi connectivity index (χ0) is 15.6. The molecule has 0 amide bonds. The number of carbonyl (C=O) groups excluding carboxylic acids is 1. The number of anilines is 2. The van der Waals surface area contributed by atoms with Gasteiger partial charge in [0.25, 0.3) is 0 Å². The lowest BCUT2D eigenvalue weighted by molar-refractivity contribution is 0.0594. The van der Waals surface area contributed by atoms with Crippen LogP contribution in [0.4, 0.5) is 11.5 Å². The fraction of sp³-hybridized carbons (Fsp3) is 0.500. The third kappa shape index (κ3) is 3.41. The van der Waals surface area contributed by atoms with Crippen molar-refractivity contribution in [3.05, 3.63) is 17.8 Å². The third-order valence-electron chi connectivity index (χ3n) is 3.15. The minimum atomic E-state index is -3.29. The zero-order valence-electron chi connectivity index (χ0n) is 11.8. The molecule has 1 aromatic rings. The standard InChI is InChI=1S/C12H17N3O4S2/c1-19-12(16)9-4-3-8(13)11(14-9)15-5-6-20-7-10(15)21(2,17)18/h3-4,10H,5-7,13H2,1-2H3. The van der Waals surface area contributed by atoms with Crippen LogP contribution in [0.25, 0.3) is 0 Å². The van der Waals surface area contributed by atoms with Crippen molar-refractivity contribution in [2.24, 2.45) is 0 Å². The van der Waals surface area contributed by atoms with Gasteiger partial charge in [0.1, 0.15) is 5.37 Å². The molecule has 0 aromatic carbocycles. The number of hydrogen-bond donors (Lipinski definition) is 1. The molecule has 21 heavy (non-hydrogen) atoms. The van der Waals surface area contributed by atoms with Crippen LogP contribution in [0.5, 0.6) is 0 Å². The number of pyridine rings is 1. The summed E-state index contributed by atoms with van der Waals surface area (Å²) in [5.74, 6) is 0.949. The Morgan fingerprint density at radius 1 is 1.52 bits per heavy atom. The first-order valence-electron chi connectivity index (χ1n) is 6.22. The van der Waals surface area contributed by atoms with Crippen molar-refractivity contribution >= 4 is 39.1 Å². The fourth-order valence-electron chi connectivity index (χ4n) is 2.09. The highest BCUT2D eigenvalue weighted by atomic mass is 32.2. The maximum Gasteiger partial charge on any atom is 0.356 e. The molecule has 0 radical (unpaired) electrons. The number of esters is 1. The van der Waals surface area contributed by atoms with Crippen molar-refractivity contribution < 1.29 is 17.9 Å². The van der Waals surface area contributed by atoms with Crippen molar-refractivity contribution in [2.75, 3.05) is 42.0 Å². The van der Waals surface area contributed by atoms with E-state index in [1.54, 1.807) is 16.7 Å². The van der Waals surface area contributed by atoms with Crippen LogP contribution in [0.15, 0.2) is 12.1 Å². The van der Waals surface area contributed by atoms with Crippen molar-refractivity contribution in [2.45, 2.75) is 5.37 Å². The van der Waals surface area contributed by atoms with Gasteiger partial charge in [0.2, 0.25) is 0 Å². The number of thioether (sulfide) groups is 1. The van der Waals surface area contributed by atoms with Gasteiger partial charge < -0.3 is 15.4 Å². The molecule has 2 rings (SSSR count). The molecule has 1 saturated heterocycles. The molecule has 9 heteroatoms. The van der Waals surface area contributed by atoms with Gasteiger partial charge in [-0.2, -0.15) is 11.8 Å². The first-order valence-corrected chi connectivity index (χ1v) is 9.33. The van der Waals surface area contributed by atoms with Crippen molar-refractivity contribution in [1.29, 1.82) is 0 Å². The second-order valence-corrected chi connectivity index (χ2v) is 8.01. The minimum Gasteiger partial charge on any atom is -0.464 e. The van der Waals surface area contributed by atoms with Crippen LogP contribution < -0.4 is 10.6 Å². The molecule has 1 aromatic heterocycles. The van der Waals surface area contributed by atoms with Gasteiger partial charge in [0, 0.05) is 24.3 Å². The Bertz CT molecular complexity index is 648. The Morgan fingerprint density at radius 3 is 2.86 bits per heavy atom. The predicted octanol–water partition coefficient (Wildman–Crippen LogP) is 0.374. The van der Waals surface area contributed by atoms with E-state index in [-0.39, 0.29) is 5.69 Å². The number of carbonyl (C=O) groups is 1. The number of nitrogens with two attached hydrogens (primary N) is 1. The molecule has 0 aliphatic carbocycles. The molecule has 0 bridgehead atoms. The maximum atomic E-state index is 11.9. The van der Waals surface area contributed by atoms with Crippen LogP contribution in [-0.4, -0.2) is 56.2 Å². The molecule has 1 aliphatic rings. The molecule has 7 nitrogen and oxygen atoms in total. The Morgan fingerprint density at radius 2 is 2.24 bits per heavy atom. The number of rotatable bonds is 3. The van der Waals surface area contributed by atoms with Gasteiger partial charge in [-0.15, -0.1) is 0 Å². The second kappa shape index (κ2) is 6.10. The molecule has 0 spiro atoms. The van der Waals surface area contributed by atoms with Gasteiger partial charge in [-0.05, 0) is 12.1 Å². The lowest BCUT2D eigenvalue weighted by Gasteiger charge is -2.35. The van der Waals surface area contributed by atoms with Crippen LogP contribution in [0.3, 0.4) is 0 Å². The number of aromatic nitrogens is 1. The Kier molecular flexibility index (Phi) is 4.62. The topological polar surface area (TPSA) is 103 Å². The summed E-state index contributed by atoms with van der Waals surface area (Å²) in [6.45, 7) is 0.504. The molecule has 1 fully saturated rings. The average Bonchev–Trinajstić information content (AvgIpc) is 2.46. The summed E-state index contributed by atoms with van der Waals surface area (Å²) in [6, 6.07) is 2.99. The predicted molar refractivity (Wildman–Crippen MR) is 83.3 cm³/mol. The van der Waals surface area contributed by atoms with E-state index in [1.165, 1.54) is 25.5 Å². The first-order chi connectivity index (χ1) is 9.84. The molecule has 1 unspecified atom stereocenters. The highest BCUT2D eigenvalue weighted by Gasteiger charge is 2.33. The number of nitrogens with zero attached hydrogens (tertiary/aromatic N) is 2. The quantitative estimate of drug-likeness (QED) is 0.793. The Labute approximate surface area is 127 Å². The lowest BCUT2D eigenvalue weighted by Crippen LogP contribution is -2.47. The summed E-state index contributed by atoms with van der Waals surface area (Å²) in [5.41, 5.74) is 6.35. The Balaban J connectivity index is 2.45. The highest BCUT2D eigenvalue weighted by Crippen LogP contribution is 2.29. The van der Waals surface area contributed by atoms with Crippen molar-refractivity contribution in [3.63, 3.8) is 0 Å². The molecule has 1 aliphatic heterocycles. The van der Waals surface area contributed by atoms with Gasteiger partial charge in [-0.25, -0.2) is 18.2 Å². The van der Waals surface area contributed by atoms with E-state index >= 15 is 0 Å². The van der Waals surface area contributed by atoms with Gasteiger partial charge >= 0.3 is 5.97 Å². The van der Waals surface area contributed by atoms with Crippen LogP contribution in [0.1, 0.15) is 10.5 Å². The molecule has 1 atom stereocenters. The zero-order valence-corrected chi connectivity index (χ0v) is 13.4. The van der Waals surface area contributed by atoms with Gasteiger partial charge in [-0.3, -0.25) is 0 Å². The number of nitrogen functional groups attached to an aromatic ring is 1. The fourth-order valence-corrected chi connectivity index (χ4v) is 4.90. The van der Waals surface area contributed by atoms with Gasteiger partial charge in [0.15, 0.2) is 21.3 Å². The number of hydrogen-bond acceptors (Lipinski definition) is 8. The van der Waals surface area contributed by atoms with E-state index in [2.05, 4.69) is 9.72 Å². The SMILES string of the molecule is COC(=O)c1ccc(N)c(N2CCSCC2S(C)(=O)=O)n1. The molecule has 2 heterocycles. The van der Waals surface area contributed by atoms with E-state index in [9.17, 15) is 13.2 Å². The van der Waals surface area contributed by atoms with Crippen molar-refractivity contribution in [3.8, 4) is 0 Å². The van der Waals surface area contributed by atoms with Gasteiger partial charge in [0.05, 0.1) is 12.8 Å². The van der Waals surface area contributed by atoms with E-state index in [0.717, 1.165) is 5.75 Å². The van der Waals surface area contributed by atoms with E-state index in [1.807, 2.05) is 0 Å². The summed E-state index contributed by atoms with van der Waals surface area (Å²) in [5, 5.41) is -0.695. The third-order valence-corrected chi connectivity index (χ3v) is 5.79. The average molecular weight is 331 g/mol. The summed E-state index contributed by atoms with van der Waals surface area (Å²) in [7, 11) is -2.02. The number of sulfone groups is 1. The highest BCUT2D eigenvalue weighted by molar-refractivity contribution is 8.01. The van der Waals surface area contributed by atoms with E-state index in [0.29, 0.717) is 23.8 Å². The van der Waals surface area contributed by atoms with E-state index < -0.39 is 21.2 Å². The summed E-state index contributed by atoms with van der Waals surface area (Å²) < 4.78 is 28.5. The molecule has 0 saturated carbocycles. The van der Waals surface area contributed by atoms with Crippen molar-refractivity contribution in [1.82, 2.24) is 4.98 Å².